The zero-order valence-corrected chi connectivity index (χ0v) is 17.4. The molecule has 0 radical (unpaired) electrons. The molecule has 0 aromatic rings. The SMILES string of the molecule is CCCCCC(=O)N[C@@H](C(=O)C[C@@H](CC(C)C)C(=O)[C@@]1(C)CO1)C(C)C. The van der Waals surface area contributed by atoms with Gasteiger partial charge in [0.2, 0.25) is 5.91 Å². The summed E-state index contributed by atoms with van der Waals surface area (Å²) in [5.74, 6) is -0.119. The summed E-state index contributed by atoms with van der Waals surface area (Å²) >= 11 is 0. The van der Waals surface area contributed by atoms with Gasteiger partial charge in [-0.2, -0.15) is 0 Å². The van der Waals surface area contributed by atoms with Crippen molar-refractivity contribution in [2.24, 2.45) is 17.8 Å². The van der Waals surface area contributed by atoms with Crippen LogP contribution >= 0.6 is 0 Å². The van der Waals surface area contributed by atoms with Gasteiger partial charge in [0.15, 0.2) is 11.6 Å². The van der Waals surface area contributed by atoms with E-state index in [-0.39, 0.29) is 35.7 Å². The van der Waals surface area contributed by atoms with E-state index >= 15 is 0 Å². The monoisotopic (exact) mass is 367 g/mol. The van der Waals surface area contributed by atoms with Gasteiger partial charge < -0.3 is 10.1 Å². The van der Waals surface area contributed by atoms with E-state index in [2.05, 4.69) is 26.1 Å². The molecule has 0 spiro atoms. The van der Waals surface area contributed by atoms with Gasteiger partial charge in [-0.3, -0.25) is 14.4 Å². The first-order valence-electron chi connectivity index (χ1n) is 10.1. The lowest BCUT2D eigenvalue weighted by Gasteiger charge is -2.25. The quantitative estimate of drug-likeness (QED) is 0.398. The van der Waals surface area contributed by atoms with Gasteiger partial charge in [0.05, 0.1) is 12.6 Å². The molecular weight excluding hydrogens is 330 g/mol. The normalized spacial score (nSPS) is 21.5. The lowest BCUT2D eigenvalue weighted by Crippen LogP contribution is -2.46. The predicted molar refractivity (Wildman–Crippen MR) is 103 cm³/mol. The molecule has 1 rings (SSSR count). The first-order chi connectivity index (χ1) is 12.1. The molecule has 0 bridgehead atoms. The Morgan fingerprint density at radius 1 is 1.12 bits per heavy atom. The summed E-state index contributed by atoms with van der Waals surface area (Å²) in [4.78, 5) is 37.8. The number of rotatable bonds is 13. The Kier molecular flexibility index (Phi) is 8.94. The van der Waals surface area contributed by atoms with Crippen molar-refractivity contribution in [3.05, 3.63) is 0 Å². The number of epoxide rings is 1. The molecule has 1 amide bonds. The first kappa shape index (κ1) is 22.8. The minimum atomic E-state index is -0.712. The van der Waals surface area contributed by atoms with Crippen LogP contribution in [0.1, 0.15) is 80.1 Å². The number of nitrogens with one attached hydrogen (secondary N) is 1. The zero-order valence-electron chi connectivity index (χ0n) is 17.4. The van der Waals surface area contributed by atoms with E-state index in [0.717, 1.165) is 19.3 Å². The highest BCUT2D eigenvalue weighted by Gasteiger charge is 2.50. The Morgan fingerprint density at radius 2 is 1.73 bits per heavy atom. The van der Waals surface area contributed by atoms with Crippen molar-refractivity contribution in [1.82, 2.24) is 5.32 Å². The molecule has 3 atom stereocenters. The van der Waals surface area contributed by atoms with Crippen LogP contribution in [0.3, 0.4) is 0 Å². The molecule has 0 aliphatic carbocycles. The second-order valence-electron chi connectivity index (χ2n) is 8.63. The van der Waals surface area contributed by atoms with Crippen molar-refractivity contribution in [3.8, 4) is 0 Å². The highest BCUT2D eigenvalue weighted by Crippen LogP contribution is 2.34. The van der Waals surface area contributed by atoms with Crippen LogP contribution in [-0.2, 0) is 19.1 Å². The van der Waals surface area contributed by atoms with Gasteiger partial charge in [-0.1, -0.05) is 47.5 Å². The molecule has 0 saturated carbocycles. The summed E-state index contributed by atoms with van der Waals surface area (Å²) < 4.78 is 5.30. The molecule has 1 aliphatic rings. The summed E-state index contributed by atoms with van der Waals surface area (Å²) in [6.45, 7) is 12.3. The summed E-state index contributed by atoms with van der Waals surface area (Å²) in [7, 11) is 0. The van der Waals surface area contributed by atoms with Crippen molar-refractivity contribution >= 4 is 17.5 Å². The molecule has 1 saturated heterocycles. The van der Waals surface area contributed by atoms with Gasteiger partial charge in [0.25, 0.3) is 0 Å². The maximum absolute atomic E-state index is 12.9. The van der Waals surface area contributed by atoms with Crippen LogP contribution in [0.5, 0.6) is 0 Å². The molecule has 26 heavy (non-hydrogen) atoms. The standard InChI is InChI=1S/C21H37NO4/c1-7-8-9-10-18(24)22-19(15(4)5)17(23)12-16(11-14(2)3)20(25)21(6)13-26-21/h14-16,19H,7-13H2,1-6H3,(H,22,24)/t16-,19-,21-/m1/s1. The van der Waals surface area contributed by atoms with Crippen molar-refractivity contribution in [1.29, 1.82) is 0 Å². The molecule has 1 aliphatic heterocycles. The van der Waals surface area contributed by atoms with Crippen LogP contribution in [-0.4, -0.2) is 35.7 Å². The van der Waals surface area contributed by atoms with E-state index in [1.807, 2.05) is 13.8 Å². The summed E-state index contributed by atoms with van der Waals surface area (Å²) in [6.07, 6.45) is 4.19. The van der Waals surface area contributed by atoms with E-state index in [1.165, 1.54) is 0 Å². The van der Waals surface area contributed by atoms with Crippen LogP contribution in [0, 0.1) is 17.8 Å². The second-order valence-corrected chi connectivity index (χ2v) is 8.63. The zero-order chi connectivity index (χ0) is 19.9. The number of hydrogen-bond donors (Lipinski definition) is 1. The van der Waals surface area contributed by atoms with E-state index in [1.54, 1.807) is 6.92 Å². The fraction of sp³-hybridized carbons (Fsp3) is 0.857. The molecule has 0 aromatic heterocycles. The lowest BCUT2D eigenvalue weighted by molar-refractivity contribution is -0.134. The van der Waals surface area contributed by atoms with Gasteiger partial charge in [0, 0.05) is 18.8 Å². The molecule has 5 nitrogen and oxygen atoms in total. The number of carbonyl (C=O) groups is 3. The Morgan fingerprint density at radius 3 is 2.19 bits per heavy atom. The van der Waals surface area contributed by atoms with Crippen LogP contribution in [0.15, 0.2) is 0 Å². The molecule has 1 N–H and O–H groups in total. The summed E-state index contributed by atoms with van der Waals surface area (Å²) in [5.41, 5.74) is -0.712. The molecule has 5 heteroatoms. The third kappa shape index (κ3) is 7.18. The summed E-state index contributed by atoms with van der Waals surface area (Å²) in [5, 5.41) is 2.90. The van der Waals surface area contributed by atoms with Crippen LogP contribution in [0.25, 0.3) is 0 Å². The number of ketones is 2. The van der Waals surface area contributed by atoms with Gasteiger partial charge in [-0.05, 0) is 31.6 Å². The molecule has 1 heterocycles. The average molecular weight is 368 g/mol. The number of unbranched alkanes of at least 4 members (excludes halogenated alkanes) is 2. The van der Waals surface area contributed by atoms with Crippen LogP contribution < -0.4 is 5.32 Å². The Labute approximate surface area is 158 Å². The first-order valence-corrected chi connectivity index (χ1v) is 10.1. The number of amides is 1. The van der Waals surface area contributed by atoms with E-state index in [4.69, 9.17) is 4.74 Å². The van der Waals surface area contributed by atoms with E-state index in [0.29, 0.717) is 25.4 Å². The van der Waals surface area contributed by atoms with Crippen molar-refractivity contribution < 1.29 is 19.1 Å². The number of carbonyl (C=O) groups excluding carboxylic acids is 3. The van der Waals surface area contributed by atoms with Gasteiger partial charge >= 0.3 is 0 Å². The molecule has 1 fully saturated rings. The lowest BCUT2D eigenvalue weighted by atomic mass is 9.82. The maximum atomic E-state index is 12.9. The third-order valence-electron chi connectivity index (χ3n) is 5.01. The van der Waals surface area contributed by atoms with E-state index < -0.39 is 11.6 Å². The van der Waals surface area contributed by atoms with Gasteiger partial charge in [0.1, 0.15) is 5.60 Å². The van der Waals surface area contributed by atoms with Gasteiger partial charge in [-0.25, -0.2) is 0 Å². The highest BCUT2D eigenvalue weighted by atomic mass is 16.6. The Hall–Kier alpha value is -1.23. The fourth-order valence-corrected chi connectivity index (χ4v) is 3.30. The number of ether oxygens (including phenoxy) is 1. The third-order valence-corrected chi connectivity index (χ3v) is 5.01. The molecule has 150 valence electrons. The van der Waals surface area contributed by atoms with Crippen LogP contribution in [0.2, 0.25) is 0 Å². The molecule has 0 unspecified atom stereocenters. The topological polar surface area (TPSA) is 75.8 Å². The van der Waals surface area contributed by atoms with Crippen LogP contribution in [0.4, 0.5) is 0 Å². The smallest absolute Gasteiger partial charge is 0.220 e. The minimum absolute atomic E-state index is 0.000175. The Balaban J connectivity index is 2.72. The fourth-order valence-electron chi connectivity index (χ4n) is 3.30. The number of Topliss-reactive ketones (excluding diaryl/α,β-unsaturated/α-hetero) is 2. The van der Waals surface area contributed by atoms with Crippen molar-refractivity contribution in [2.45, 2.75) is 91.7 Å². The van der Waals surface area contributed by atoms with Crippen molar-refractivity contribution in [2.75, 3.05) is 6.61 Å². The average Bonchev–Trinajstić information content (AvgIpc) is 3.29. The molecular formula is C21H37NO4. The highest BCUT2D eigenvalue weighted by molar-refractivity contribution is 5.96. The maximum Gasteiger partial charge on any atom is 0.220 e. The molecule has 0 aromatic carbocycles. The Bertz CT molecular complexity index is 494. The van der Waals surface area contributed by atoms with E-state index in [9.17, 15) is 14.4 Å². The largest absolute Gasteiger partial charge is 0.362 e. The van der Waals surface area contributed by atoms with Crippen molar-refractivity contribution in [3.63, 3.8) is 0 Å². The predicted octanol–water partition coefficient (Wildman–Crippen LogP) is 3.69. The minimum Gasteiger partial charge on any atom is -0.362 e. The summed E-state index contributed by atoms with van der Waals surface area (Å²) in [6, 6.07) is -0.528. The number of hydrogen-bond acceptors (Lipinski definition) is 4. The van der Waals surface area contributed by atoms with Gasteiger partial charge in [-0.15, -0.1) is 0 Å². The second kappa shape index (κ2) is 10.2.